The molecule has 1 aromatic heterocycles. The number of H-pyrrole nitrogens is 1. The van der Waals surface area contributed by atoms with E-state index < -0.39 is 0 Å². The normalized spacial score (nSPS) is 13.7. The monoisotopic (exact) mass is 205 g/mol. The lowest BCUT2D eigenvalue weighted by Gasteiger charge is -2.14. The molecule has 0 saturated carbocycles. The first-order valence-corrected chi connectivity index (χ1v) is 5.36. The highest BCUT2D eigenvalue weighted by Crippen LogP contribution is 2.30. The number of rotatable bonds is 2. The van der Waals surface area contributed by atoms with Gasteiger partial charge in [-0.2, -0.15) is 0 Å². The van der Waals surface area contributed by atoms with Crippen LogP contribution in [0, 0.1) is 11.7 Å². The number of aromatic amines is 1. The smallest absolute Gasteiger partial charge is 0.147 e. The quantitative estimate of drug-likeness (QED) is 0.760. The zero-order valence-electron chi connectivity index (χ0n) is 9.34. The van der Waals surface area contributed by atoms with Crippen molar-refractivity contribution in [2.24, 2.45) is 5.92 Å². The highest BCUT2D eigenvalue weighted by atomic mass is 19.1. The Morgan fingerprint density at radius 2 is 1.93 bits per heavy atom. The molecule has 0 radical (unpaired) electrons. The Bertz CT molecular complexity index is 470. The summed E-state index contributed by atoms with van der Waals surface area (Å²) in [6.07, 6.45) is 1.93. The summed E-state index contributed by atoms with van der Waals surface area (Å²) in [5.74, 6) is 0.836. The van der Waals surface area contributed by atoms with Crippen LogP contribution in [0.4, 0.5) is 4.39 Å². The van der Waals surface area contributed by atoms with Gasteiger partial charge in [0.2, 0.25) is 0 Å². The van der Waals surface area contributed by atoms with Crippen LogP contribution < -0.4 is 0 Å². The van der Waals surface area contributed by atoms with Crippen molar-refractivity contribution in [2.45, 2.75) is 26.7 Å². The number of nitrogens with one attached hydrogen (secondary N) is 1. The molecule has 2 heteroatoms. The first-order valence-electron chi connectivity index (χ1n) is 5.36. The highest BCUT2D eigenvalue weighted by molar-refractivity contribution is 5.84. The lowest BCUT2D eigenvalue weighted by atomic mass is 9.90. The van der Waals surface area contributed by atoms with E-state index in [9.17, 15) is 4.39 Å². The van der Waals surface area contributed by atoms with Crippen molar-refractivity contribution in [3.05, 3.63) is 35.8 Å². The SMILES string of the molecule is CC(C)C(C)c1c[nH]c2c(F)cccc12. The fourth-order valence-corrected chi connectivity index (χ4v) is 1.87. The summed E-state index contributed by atoms with van der Waals surface area (Å²) >= 11 is 0. The molecule has 2 rings (SSSR count). The van der Waals surface area contributed by atoms with Gasteiger partial charge in [0.25, 0.3) is 0 Å². The van der Waals surface area contributed by atoms with Crippen molar-refractivity contribution in [1.82, 2.24) is 4.98 Å². The predicted octanol–water partition coefficient (Wildman–Crippen LogP) is 4.07. The van der Waals surface area contributed by atoms with E-state index in [1.165, 1.54) is 11.6 Å². The van der Waals surface area contributed by atoms with Crippen LogP contribution in [0.25, 0.3) is 10.9 Å². The van der Waals surface area contributed by atoms with Crippen LogP contribution >= 0.6 is 0 Å². The van der Waals surface area contributed by atoms with E-state index in [0.717, 1.165) is 5.39 Å². The van der Waals surface area contributed by atoms with Crippen molar-refractivity contribution < 1.29 is 4.39 Å². The molecule has 1 nitrogen and oxygen atoms in total. The third-order valence-corrected chi connectivity index (χ3v) is 3.19. The molecule has 80 valence electrons. The molecule has 1 N–H and O–H groups in total. The van der Waals surface area contributed by atoms with Gasteiger partial charge in [0.1, 0.15) is 5.82 Å². The van der Waals surface area contributed by atoms with Gasteiger partial charge in [-0.15, -0.1) is 0 Å². The van der Waals surface area contributed by atoms with Crippen LogP contribution in [0.1, 0.15) is 32.3 Å². The first-order chi connectivity index (χ1) is 7.11. The van der Waals surface area contributed by atoms with Crippen molar-refractivity contribution >= 4 is 10.9 Å². The van der Waals surface area contributed by atoms with Crippen LogP contribution in [-0.2, 0) is 0 Å². The molecule has 0 amide bonds. The fourth-order valence-electron chi connectivity index (χ4n) is 1.87. The summed E-state index contributed by atoms with van der Waals surface area (Å²) < 4.78 is 13.4. The second-order valence-electron chi connectivity index (χ2n) is 4.44. The lowest BCUT2D eigenvalue weighted by molar-refractivity contribution is 0.538. The van der Waals surface area contributed by atoms with E-state index in [0.29, 0.717) is 17.4 Å². The highest BCUT2D eigenvalue weighted by Gasteiger charge is 2.15. The molecule has 0 aliphatic heterocycles. The minimum absolute atomic E-state index is 0.172. The molecule has 0 saturated heterocycles. The van der Waals surface area contributed by atoms with E-state index in [1.54, 1.807) is 6.07 Å². The van der Waals surface area contributed by atoms with Gasteiger partial charge in [-0.3, -0.25) is 0 Å². The number of hydrogen-bond donors (Lipinski definition) is 1. The van der Waals surface area contributed by atoms with E-state index in [-0.39, 0.29) is 5.82 Å². The zero-order chi connectivity index (χ0) is 11.0. The molecular formula is C13H16FN. The Labute approximate surface area is 89.3 Å². The largest absolute Gasteiger partial charge is 0.359 e. The minimum atomic E-state index is -0.172. The Hall–Kier alpha value is -1.31. The molecule has 0 aliphatic carbocycles. The third kappa shape index (κ3) is 1.65. The van der Waals surface area contributed by atoms with Crippen molar-refractivity contribution in [3.63, 3.8) is 0 Å². The summed E-state index contributed by atoms with van der Waals surface area (Å²) in [7, 11) is 0. The van der Waals surface area contributed by atoms with E-state index in [2.05, 4.69) is 25.8 Å². The summed E-state index contributed by atoms with van der Waals surface area (Å²) in [6.45, 7) is 6.55. The predicted molar refractivity (Wildman–Crippen MR) is 61.5 cm³/mol. The van der Waals surface area contributed by atoms with Gasteiger partial charge in [-0.05, 0) is 23.5 Å². The number of para-hydroxylation sites is 1. The van der Waals surface area contributed by atoms with Gasteiger partial charge in [-0.1, -0.05) is 32.9 Å². The summed E-state index contributed by atoms with van der Waals surface area (Å²) in [5.41, 5.74) is 1.83. The zero-order valence-corrected chi connectivity index (χ0v) is 9.34. The number of hydrogen-bond acceptors (Lipinski definition) is 0. The van der Waals surface area contributed by atoms with Crippen LogP contribution in [-0.4, -0.2) is 4.98 Å². The van der Waals surface area contributed by atoms with Crippen molar-refractivity contribution in [3.8, 4) is 0 Å². The van der Waals surface area contributed by atoms with Gasteiger partial charge in [-0.25, -0.2) is 4.39 Å². The van der Waals surface area contributed by atoms with E-state index in [4.69, 9.17) is 0 Å². The van der Waals surface area contributed by atoms with Gasteiger partial charge in [0.15, 0.2) is 0 Å². The Morgan fingerprint density at radius 3 is 2.60 bits per heavy atom. The maximum Gasteiger partial charge on any atom is 0.147 e. The maximum atomic E-state index is 13.4. The molecular weight excluding hydrogens is 189 g/mol. The summed E-state index contributed by atoms with van der Waals surface area (Å²) in [4.78, 5) is 3.02. The van der Waals surface area contributed by atoms with Gasteiger partial charge < -0.3 is 4.98 Å². The molecule has 0 spiro atoms. The fraction of sp³-hybridized carbons (Fsp3) is 0.385. The van der Waals surface area contributed by atoms with Gasteiger partial charge >= 0.3 is 0 Å². The summed E-state index contributed by atoms with van der Waals surface area (Å²) in [6, 6.07) is 5.23. The first kappa shape index (κ1) is 10.2. The van der Waals surface area contributed by atoms with Crippen molar-refractivity contribution in [1.29, 1.82) is 0 Å². The Morgan fingerprint density at radius 1 is 1.20 bits per heavy atom. The van der Waals surface area contributed by atoms with Gasteiger partial charge in [0.05, 0.1) is 5.52 Å². The number of benzene rings is 1. The average Bonchev–Trinajstić information content (AvgIpc) is 2.61. The third-order valence-electron chi connectivity index (χ3n) is 3.19. The molecule has 1 heterocycles. The molecule has 15 heavy (non-hydrogen) atoms. The number of halogens is 1. The molecule has 1 unspecified atom stereocenters. The van der Waals surface area contributed by atoms with E-state index in [1.807, 2.05) is 12.3 Å². The second kappa shape index (κ2) is 3.69. The Kier molecular flexibility index (Phi) is 2.51. The molecule has 0 fully saturated rings. The topological polar surface area (TPSA) is 15.8 Å². The molecule has 0 aliphatic rings. The van der Waals surface area contributed by atoms with Gasteiger partial charge in [0, 0.05) is 11.6 Å². The average molecular weight is 205 g/mol. The summed E-state index contributed by atoms with van der Waals surface area (Å²) in [5, 5.41) is 1.01. The van der Waals surface area contributed by atoms with E-state index >= 15 is 0 Å². The molecule has 0 bridgehead atoms. The van der Waals surface area contributed by atoms with Crippen molar-refractivity contribution in [2.75, 3.05) is 0 Å². The lowest BCUT2D eigenvalue weighted by Crippen LogP contribution is -2.00. The van der Waals surface area contributed by atoms with Crippen LogP contribution in [0.3, 0.4) is 0 Å². The van der Waals surface area contributed by atoms with Crippen LogP contribution in [0.5, 0.6) is 0 Å². The molecule has 1 atom stereocenters. The van der Waals surface area contributed by atoms with Crippen LogP contribution in [0.15, 0.2) is 24.4 Å². The second-order valence-corrected chi connectivity index (χ2v) is 4.44. The number of fused-ring (bicyclic) bond motifs is 1. The minimum Gasteiger partial charge on any atom is -0.359 e. The maximum absolute atomic E-state index is 13.4. The number of aromatic nitrogens is 1. The molecule has 1 aromatic carbocycles. The molecule has 2 aromatic rings. The standard InChI is InChI=1S/C13H16FN/c1-8(2)9(3)11-7-15-13-10(11)5-4-6-12(13)14/h4-9,15H,1-3H3. The van der Waals surface area contributed by atoms with Crippen LogP contribution in [0.2, 0.25) is 0 Å². The Balaban J connectivity index is 2.59.